The Morgan fingerprint density at radius 1 is 1.12 bits per heavy atom. The molecular formula is C15H15ClO. The number of aryl methyl sites for hydroxylation is 1. The molecule has 0 aliphatic heterocycles. The van der Waals surface area contributed by atoms with Crippen molar-refractivity contribution in [2.75, 3.05) is 0 Å². The summed E-state index contributed by atoms with van der Waals surface area (Å²) in [6.45, 7) is 2.01. The third kappa shape index (κ3) is 3.09. The van der Waals surface area contributed by atoms with Gasteiger partial charge >= 0.3 is 0 Å². The Kier molecular flexibility index (Phi) is 3.82. The Hall–Kier alpha value is -1.31. The van der Waals surface area contributed by atoms with Gasteiger partial charge < -0.3 is 5.11 Å². The lowest BCUT2D eigenvalue weighted by molar-refractivity contribution is 0.178. The van der Waals surface area contributed by atoms with Crippen molar-refractivity contribution in [2.24, 2.45) is 0 Å². The zero-order valence-corrected chi connectivity index (χ0v) is 10.5. The van der Waals surface area contributed by atoms with E-state index in [1.807, 2.05) is 55.5 Å². The minimum absolute atomic E-state index is 0.477. The molecule has 0 bridgehead atoms. The average Bonchev–Trinajstić information content (AvgIpc) is 2.29. The molecule has 2 aromatic carbocycles. The van der Waals surface area contributed by atoms with Crippen LogP contribution in [0.25, 0.3) is 0 Å². The van der Waals surface area contributed by atoms with Crippen molar-refractivity contribution in [3.8, 4) is 0 Å². The van der Waals surface area contributed by atoms with Crippen LogP contribution in [-0.4, -0.2) is 5.11 Å². The number of aliphatic hydroxyl groups is 1. The standard InChI is InChI=1S/C15H15ClO/c1-11-5-2-3-8-14(11)15(17)10-12-6-4-7-13(16)9-12/h2-9,15,17H,10H2,1H3. The fourth-order valence-corrected chi connectivity index (χ4v) is 2.17. The van der Waals surface area contributed by atoms with Crippen LogP contribution < -0.4 is 0 Å². The maximum Gasteiger partial charge on any atom is 0.0832 e. The molecule has 2 aromatic rings. The van der Waals surface area contributed by atoms with Crippen LogP contribution in [0.2, 0.25) is 5.02 Å². The highest BCUT2D eigenvalue weighted by molar-refractivity contribution is 6.30. The van der Waals surface area contributed by atoms with Gasteiger partial charge in [0.05, 0.1) is 6.10 Å². The van der Waals surface area contributed by atoms with Crippen molar-refractivity contribution in [2.45, 2.75) is 19.4 Å². The van der Waals surface area contributed by atoms with Crippen LogP contribution >= 0.6 is 11.6 Å². The second kappa shape index (κ2) is 5.35. The number of halogens is 1. The summed E-state index contributed by atoms with van der Waals surface area (Å²) in [7, 11) is 0. The van der Waals surface area contributed by atoms with E-state index >= 15 is 0 Å². The van der Waals surface area contributed by atoms with E-state index in [1.165, 1.54) is 0 Å². The van der Waals surface area contributed by atoms with Crippen LogP contribution in [0.1, 0.15) is 22.8 Å². The molecule has 0 amide bonds. The molecule has 0 spiro atoms. The molecule has 0 aromatic heterocycles. The van der Waals surface area contributed by atoms with E-state index in [2.05, 4.69) is 0 Å². The summed E-state index contributed by atoms with van der Waals surface area (Å²) >= 11 is 5.92. The van der Waals surface area contributed by atoms with Crippen LogP contribution in [0.15, 0.2) is 48.5 Å². The summed E-state index contributed by atoms with van der Waals surface area (Å²) in [4.78, 5) is 0. The fraction of sp³-hybridized carbons (Fsp3) is 0.200. The zero-order valence-electron chi connectivity index (χ0n) is 9.73. The molecule has 0 fully saturated rings. The zero-order chi connectivity index (χ0) is 12.3. The predicted octanol–water partition coefficient (Wildman–Crippen LogP) is 3.92. The molecule has 0 aliphatic carbocycles. The van der Waals surface area contributed by atoms with Gasteiger partial charge in [0.1, 0.15) is 0 Å². The minimum atomic E-state index is -0.477. The molecular weight excluding hydrogens is 232 g/mol. The molecule has 1 nitrogen and oxygen atoms in total. The Balaban J connectivity index is 2.17. The third-order valence-corrected chi connectivity index (χ3v) is 3.10. The van der Waals surface area contributed by atoms with Gasteiger partial charge in [-0.2, -0.15) is 0 Å². The molecule has 2 rings (SSSR count). The number of rotatable bonds is 3. The second-order valence-corrected chi connectivity index (χ2v) is 4.64. The highest BCUT2D eigenvalue weighted by atomic mass is 35.5. The number of hydrogen-bond donors (Lipinski definition) is 1. The van der Waals surface area contributed by atoms with E-state index in [4.69, 9.17) is 11.6 Å². The lowest BCUT2D eigenvalue weighted by atomic mass is 9.98. The summed E-state index contributed by atoms with van der Waals surface area (Å²) in [5, 5.41) is 10.9. The molecule has 1 atom stereocenters. The van der Waals surface area contributed by atoms with Crippen molar-refractivity contribution in [3.05, 3.63) is 70.2 Å². The largest absolute Gasteiger partial charge is 0.388 e. The molecule has 0 aliphatic rings. The first-order valence-corrected chi connectivity index (χ1v) is 6.02. The molecule has 0 radical (unpaired) electrons. The van der Waals surface area contributed by atoms with Crippen LogP contribution in [0.3, 0.4) is 0 Å². The Bertz CT molecular complexity index is 508. The average molecular weight is 247 g/mol. The fourth-order valence-electron chi connectivity index (χ4n) is 1.96. The summed E-state index contributed by atoms with van der Waals surface area (Å²) in [5.74, 6) is 0. The Labute approximate surface area is 107 Å². The molecule has 1 N–H and O–H groups in total. The van der Waals surface area contributed by atoms with E-state index in [-0.39, 0.29) is 0 Å². The van der Waals surface area contributed by atoms with Gasteiger partial charge in [-0.3, -0.25) is 0 Å². The van der Waals surface area contributed by atoms with Gasteiger partial charge in [0.2, 0.25) is 0 Å². The number of hydrogen-bond acceptors (Lipinski definition) is 1. The Morgan fingerprint density at radius 3 is 2.59 bits per heavy atom. The minimum Gasteiger partial charge on any atom is -0.388 e. The molecule has 17 heavy (non-hydrogen) atoms. The Morgan fingerprint density at radius 2 is 1.88 bits per heavy atom. The maximum absolute atomic E-state index is 10.2. The predicted molar refractivity (Wildman–Crippen MR) is 71.3 cm³/mol. The van der Waals surface area contributed by atoms with E-state index in [9.17, 15) is 5.11 Å². The quantitative estimate of drug-likeness (QED) is 0.870. The van der Waals surface area contributed by atoms with Gasteiger partial charge in [-0.25, -0.2) is 0 Å². The van der Waals surface area contributed by atoms with E-state index < -0.39 is 6.10 Å². The van der Waals surface area contributed by atoms with Gasteiger partial charge in [0.15, 0.2) is 0 Å². The van der Waals surface area contributed by atoms with Gasteiger partial charge in [0, 0.05) is 11.4 Å². The summed E-state index contributed by atoms with van der Waals surface area (Å²) in [6, 6.07) is 15.5. The smallest absolute Gasteiger partial charge is 0.0832 e. The lowest BCUT2D eigenvalue weighted by Gasteiger charge is -2.13. The van der Waals surface area contributed by atoms with Crippen LogP contribution in [-0.2, 0) is 6.42 Å². The first kappa shape index (κ1) is 12.2. The van der Waals surface area contributed by atoms with Crippen LogP contribution in [0.4, 0.5) is 0 Å². The van der Waals surface area contributed by atoms with Gasteiger partial charge in [-0.15, -0.1) is 0 Å². The number of benzene rings is 2. The molecule has 0 saturated carbocycles. The third-order valence-electron chi connectivity index (χ3n) is 2.87. The number of aliphatic hydroxyl groups excluding tert-OH is 1. The van der Waals surface area contributed by atoms with Crippen LogP contribution in [0, 0.1) is 6.92 Å². The summed E-state index contributed by atoms with van der Waals surface area (Å²) < 4.78 is 0. The maximum atomic E-state index is 10.2. The summed E-state index contributed by atoms with van der Waals surface area (Å²) in [5.41, 5.74) is 3.14. The molecule has 0 saturated heterocycles. The lowest BCUT2D eigenvalue weighted by Crippen LogP contribution is -2.03. The topological polar surface area (TPSA) is 20.2 Å². The normalized spacial score (nSPS) is 12.4. The highest BCUT2D eigenvalue weighted by Crippen LogP contribution is 2.22. The molecule has 88 valence electrons. The first-order valence-electron chi connectivity index (χ1n) is 5.65. The monoisotopic (exact) mass is 246 g/mol. The molecule has 2 heteroatoms. The van der Waals surface area contributed by atoms with Crippen molar-refractivity contribution >= 4 is 11.6 Å². The van der Waals surface area contributed by atoms with Crippen LogP contribution in [0.5, 0.6) is 0 Å². The second-order valence-electron chi connectivity index (χ2n) is 4.21. The SMILES string of the molecule is Cc1ccccc1C(O)Cc1cccc(Cl)c1. The van der Waals surface area contributed by atoms with Crippen molar-refractivity contribution in [3.63, 3.8) is 0 Å². The van der Waals surface area contributed by atoms with E-state index in [0.29, 0.717) is 11.4 Å². The highest BCUT2D eigenvalue weighted by Gasteiger charge is 2.10. The van der Waals surface area contributed by atoms with Gasteiger partial charge in [-0.05, 0) is 35.7 Å². The summed E-state index contributed by atoms with van der Waals surface area (Å²) in [6.07, 6.45) is 0.112. The molecule has 0 heterocycles. The molecule has 1 unspecified atom stereocenters. The van der Waals surface area contributed by atoms with Gasteiger partial charge in [-0.1, -0.05) is 48.0 Å². The van der Waals surface area contributed by atoms with E-state index in [0.717, 1.165) is 16.7 Å². The van der Waals surface area contributed by atoms with Gasteiger partial charge in [0.25, 0.3) is 0 Å². The van der Waals surface area contributed by atoms with Crippen molar-refractivity contribution in [1.29, 1.82) is 0 Å². The van der Waals surface area contributed by atoms with Crippen molar-refractivity contribution in [1.82, 2.24) is 0 Å². The first-order chi connectivity index (χ1) is 8.16. The van der Waals surface area contributed by atoms with Crippen molar-refractivity contribution < 1.29 is 5.11 Å². The van der Waals surface area contributed by atoms with E-state index in [1.54, 1.807) is 0 Å².